The van der Waals surface area contributed by atoms with Crippen LogP contribution in [-0.2, 0) is 16.0 Å². The number of amides is 2. The summed E-state index contributed by atoms with van der Waals surface area (Å²) in [4.78, 5) is 28.7. The van der Waals surface area contributed by atoms with Crippen LogP contribution in [0.3, 0.4) is 0 Å². The lowest BCUT2D eigenvalue weighted by atomic mass is 9.84. The average Bonchev–Trinajstić information content (AvgIpc) is 2.73. The van der Waals surface area contributed by atoms with Gasteiger partial charge in [-0.2, -0.15) is 0 Å². The minimum atomic E-state index is -0.603. The zero-order chi connectivity index (χ0) is 21.6. The Morgan fingerprint density at radius 3 is 2.28 bits per heavy atom. The Balaban J connectivity index is 2.14. The molecule has 1 aliphatic rings. The molecule has 2 rings (SSSR count). The first-order valence-corrected chi connectivity index (χ1v) is 10.8. The number of hydrogen-bond acceptors (Lipinski definition) is 2. The number of carbonyl (C=O) groups is 2. The van der Waals surface area contributed by atoms with Crippen molar-refractivity contribution in [2.75, 3.05) is 20.1 Å². The van der Waals surface area contributed by atoms with Gasteiger partial charge in [-0.05, 0) is 49.7 Å². The molecule has 1 aromatic rings. The Kier molecular flexibility index (Phi) is 8.60. The third-order valence-electron chi connectivity index (χ3n) is 6.37. The van der Waals surface area contributed by atoms with Crippen LogP contribution in [0.25, 0.3) is 0 Å². The lowest BCUT2D eigenvalue weighted by Crippen LogP contribution is -2.49. The van der Waals surface area contributed by atoms with Crippen molar-refractivity contribution in [2.24, 2.45) is 11.8 Å². The maximum Gasteiger partial charge on any atom is 0.225 e. The van der Waals surface area contributed by atoms with E-state index in [0.717, 1.165) is 31.7 Å². The smallest absolute Gasteiger partial charge is 0.225 e. The largest absolute Gasteiger partial charge is 0.342 e. The second-order valence-corrected chi connectivity index (χ2v) is 8.04. The zero-order valence-corrected chi connectivity index (χ0v) is 18.1. The minimum Gasteiger partial charge on any atom is -0.342 e. The fraction of sp³-hybridized carbons (Fsp3) is 0.652. The highest BCUT2D eigenvalue weighted by molar-refractivity contribution is 5.79. The van der Waals surface area contributed by atoms with Gasteiger partial charge < -0.3 is 9.80 Å². The van der Waals surface area contributed by atoms with Crippen molar-refractivity contribution >= 4 is 11.8 Å². The van der Waals surface area contributed by atoms with Crippen molar-refractivity contribution in [3.05, 3.63) is 35.4 Å². The van der Waals surface area contributed by atoms with E-state index in [1.54, 1.807) is 11.9 Å². The van der Waals surface area contributed by atoms with Gasteiger partial charge in [-0.25, -0.2) is 8.78 Å². The molecule has 1 atom stereocenters. The summed E-state index contributed by atoms with van der Waals surface area (Å²) in [5.74, 6) is -0.714. The van der Waals surface area contributed by atoms with Crippen molar-refractivity contribution in [3.63, 3.8) is 0 Å². The Morgan fingerprint density at radius 2 is 1.76 bits per heavy atom. The SMILES string of the molecule is CCC(=O)N(C)[C@@H](Cc1ccc(F)cc1F)C1CCN(C(=O)C(CC)CC)CC1. The first kappa shape index (κ1) is 23.3. The zero-order valence-electron chi connectivity index (χ0n) is 18.1. The molecule has 0 N–H and O–H groups in total. The molecular formula is C23H34F2N2O2. The predicted molar refractivity (Wildman–Crippen MR) is 110 cm³/mol. The van der Waals surface area contributed by atoms with Crippen LogP contribution in [0.2, 0.25) is 0 Å². The van der Waals surface area contributed by atoms with Crippen LogP contribution in [0.15, 0.2) is 18.2 Å². The van der Waals surface area contributed by atoms with E-state index in [9.17, 15) is 18.4 Å². The third kappa shape index (κ3) is 5.77. The van der Waals surface area contributed by atoms with Crippen molar-refractivity contribution in [1.29, 1.82) is 0 Å². The number of rotatable bonds is 8. The number of benzene rings is 1. The molecule has 1 saturated heterocycles. The molecule has 29 heavy (non-hydrogen) atoms. The molecule has 0 aromatic heterocycles. The summed E-state index contributed by atoms with van der Waals surface area (Å²) in [5.41, 5.74) is 0.419. The fourth-order valence-electron chi connectivity index (χ4n) is 4.37. The number of nitrogens with zero attached hydrogens (tertiary/aromatic N) is 2. The average molecular weight is 409 g/mol. The molecule has 1 fully saturated rings. The van der Waals surface area contributed by atoms with Crippen LogP contribution < -0.4 is 0 Å². The second-order valence-electron chi connectivity index (χ2n) is 8.04. The van der Waals surface area contributed by atoms with Crippen LogP contribution in [0.1, 0.15) is 58.4 Å². The van der Waals surface area contributed by atoms with Gasteiger partial charge in [0.25, 0.3) is 0 Å². The first-order chi connectivity index (χ1) is 13.8. The number of carbonyl (C=O) groups excluding carboxylic acids is 2. The molecule has 1 aromatic carbocycles. The van der Waals surface area contributed by atoms with Gasteiger partial charge in [-0.3, -0.25) is 9.59 Å². The standard InChI is InChI=1S/C23H34F2N2O2/c1-5-16(6-2)23(29)27-12-10-17(11-13-27)21(26(4)22(28)7-3)14-18-8-9-19(24)15-20(18)25/h8-9,15-17,21H,5-7,10-14H2,1-4H3/t21-/m0/s1. The minimum absolute atomic E-state index is 0.00746. The summed E-state index contributed by atoms with van der Waals surface area (Å²) in [6.07, 6.45) is 3.97. The van der Waals surface area contributed by atoms with Gasteiger partial charge in [0.05, 0.1) is 0 Å². The summed E-state index contributed by atoms with van der Waals surface area (Å²) in [7, 11) is 1.76. The van der Waals surface area contributed by atoms with E-state index in [-0.39, 0.29) is 29.7 Å². The fourth-order valence-corrected chi connectivity index (χ4v) is 4.37. The molecule has 162 valence electrons. The van der Waals surface area contributed by atoms with E-state index in [4.69, 9.17) is 0 Å². The van der Waals surface area contributed by atoms with E-state index in [1.807, 2.05) is 25.7 Å². The summed E-state index contributed by atoms with van der Waals surface area (Å²) in [6.45, 7) is 7.22. The van der Waals surface area contributed by atoms with E-state index in [0.29, 0.717) is 31.5 Å². The Labute approximate surface area is 173 Å². The maximum absolute atomic E-state index is 14.3. The molecule has 0 unspecified atom stereocenters. The molecule has 1 aliphatic heterocycles. The van der Waals surface area contributed by atoms with Gasteiger partial charge in [0.2, 0.25) is 11.8 Å². The number of hydrogen-bond donors (Lipinski definition) is 0. The molecule has 4 nitrogen and oxygen atoms in total. The van der Waals surface area contributed by atoms with Crippen LogP contribution in [0.5, 0.6) is 0 Å². The van der Waals surface area contributed by atoms with Crippen molar-refractivity contribution in [3.8, 4) is 0 Å². The van der Waals surface area contributed by atoms with Crippen LogP contribution in [0.4, 0.5) is 8.78 Å². The Morgan fingerprint density at radius 1 is 1.14 bits per heavy atom. The highest BCUT2D eigenvalue weighted by atomic mass is 19.1. The van der Waals surface area contributed by atoms with Gasteiger partial charge in [0.1, 0.15) is 11.6 Å². The highest BCUT2D eigenvalue weighted by Gasteiger charge is 2.33. The molecule has 0 radical (unpaired) electrons. The maximum atomic E-state index is 14.3. The lowest BCUT2D eigenvalue weighted by molar-refractivity contribution is -0.139. The van der Waals surface area contributed by atoms with E-state index >= 15 is 0 Å². The van der Waals surface area contributed by atoms with Crippen molar-refractivity contribution in [1.82, 2.24) is 9.80 Å². The molecule has 6 heteroatoms. The van der Waals surface area contributed by atoms with E-state index in [1.165, 1.54) is 12.1 Å². The Hall–Kier alpha value is -1.98. The summed E-state index contributed by atoms with van der Waals surface area (Å²) < 4.78 is 27.5. The topological polar surface area (TPSA) is 40.6 Å². The molecule has 2 amide bonds. The summed E-state index contributed by atoms with van der Waals surface area (Å²) >= 11 is 0. The molecule has 1 heterocycles. The molecule has 0 aliphatic carbocycles. The number of piperidine rings is 1. The van der Waals surface area contributed by atoms with E-state index in [2.05, 4.69) is 0 Å². The van der Waals surface area contributed by atoms with Gasteiger partial charge >= 0.3 is 0 Å². The lowest BCUT2D eigenvalue weighted by Gasteiger charge is -2.41. The van der Waals surface area contributed by atoms with Gasteiger partial charge in [-0.1, -0.05) is 26.8 Å². The second kappa shape index (κ2) is 10.7. The third-order valence-corrected chi connectivity index (χ3v) is 6.37. The molecule has 0 spiro atoms. The highest BCUT2D eigenvalue weighted by Crippen LogP contribution is 2.29. The van der Waals surface area contributed by atoms with Gasteiger partial charge in [-0.15, -0.1) is 0 Å². The summed E-state index contributed by atoms with van der Waals surface area (Å²) in [6, 6.07) is 3.44. The molecule has 0 bridgehead atoms. The first-order valence-electron chi connectivity index (χ1n) is 10.8. The quantitative estimate of drug-likeness (QED) is 0.639. The van der Waals surface area contributed by atoms with E-state index < -0.39 is 11.6 Å². The predicted octanol–water partition coefficient (Wildman–Crippen LogP) is 4.42. The number of halogens is 2. The van der Waals surface area contributed by atoms with Gasteiger partial charge in [0, 0.05) is 44.6 Å². The number of likely N-dealkylation sites (N-methyl/N-ethyl adjacent to an activating group) is 1. The van der Waals surface area contributed by atoms with Crippen molar-refractivity contribution < 1.29 is 18.4 Å². The van der Waals surface area contributed by atoms with Crippen LogP contribution in [0, 0.1) is 23.5 Å². The number of likely N-dealkylation sites (tertiary alicyclic amines) is 1. The van der Waals surface area contributed by atoms with Crippen molar-refractivity contribution in [2.45, 2.75) is 65.3 Å². The normalized spacial score (nSPS) is 16.2. The Bertz CT molecular complexity index is 698. The van der Waals surface area contributed by atoms with Crippen LogP contribution in [-0.4, -0.2) is 47.8 Å². The van der Waals surface area contributed by atoms with Gasteiger partial charge in [0.15, 0.2) is 0 Å². The summed E-state index contributed by atoms with van der Waals surface area (Å²) in [5, 5.41) is 0. The van der Waals surface area contributed by atoms with Crippen LogP contribution >= 0.6 is 0 Å². The molecule has 0 saturated carbocycles. The monoisotopic (exact) mass is 408 g/mol. The molecular weight excluding hydrogens is 374 g/mol.